The maximum Gasteiger partial charge on any atom is 0.404 e. The van der Waals surface area contributed by atoms with E-state index in [4.69, 9.17) is 14.8 Å². The first-order valence-electron chi connectivity index (χ1n) is 14.2. The Hall–Kier alpha value is -3.62. The molecule has 1 atom stereocenters. The van der Waals surface area contributed by atoms with Crippen LogP contribution in [0.2, 0.25) is 0 Å². The van der Waals surface area contributed by atoms with Gasteiger partial charge in [-0.15, -0.1) is 0 Å². The number of rotatable bonds is 7. The van der Waals surface area contributed by atoms with E-state index < -0.39 is 6.09 Å². The Balaban J connectivity index is 1.03. The Morgan fingerprint density at radius 3 is 2.63 bits per heavy atom. The highest BCUT2D eigenvalue weighted by Crippen LogP contribution is 2.33. The van der Waals surface area contributed by atoms with Crippen molar-refractivity contribution in [3.63, 3.8) is 0 Å². The summed E-state index contributed by atoms with van der Waals surface area (Å²) in [6.07, 6.45) is 5.70. The molecule has 0 spiro atoms. The van der Waals surface area contributed by atoms with Gasteiger partial charge in [0.2, 0.25) is 0 Å². The monoisotopic (exact) mass is 581 g/mol. The van der Waals surface area contributed by atoms with E-state index in [0.717, 1.165) is 85.3 Å². The Morgan fingerprint density at radius 2 is 1.83 bits per heavy atom. The fourth-order valence-electron chi connectivity index (χ4n) is 5.79. The van der Waals surface area contributed by atoms with Crippen LogP contribution in [0.1, 0.15) is 41.7 Å². The van der Waals surface area contributed by atoms with Gasteiger partial charge in [0.25, 0.3) is 5.91 Å². The van der Waals surface area contributed by atoms with E-state index in [0.29, 0.717) is 32.0 Å². The van der Waals surface area contributed by atoms with Gasteiger partial charge in [0.1, 0.15) is 17.5 Å². The molecule has 6 rings (SSSR count). The van der Waals surface area contributed by atoms with Crippen LogP contribution in [-0.2, 0) is 11.3 Å². The second kappa shape index (κ2) is 12.5. The largest absolute Gasteiger partial charge is 0.465 e. The van der Waals surface area contributed by atoms with Crippen molar-refractivity contribution in [1.29, 1.82) is 0 Å². The van der Waals surface area contributed by atoms with E-state index in [1.165, 1.54) is 0 Å². The number of morpholine rings is 1. The van der Waals surface area contributed by atoms with Crippen molar-refractivity contribution in [2.75, 3.05) is 62.3 Å². The number of pyridine rings is 1. The molecular formula is C27H35N9O4S. The number of carboxylic acid groups (broad SMARTS) is 1. The number of hydrogen-bond donors (Lipinski definition) is 3. The molecule has 3 N–H and O–H groups in total. The van der Waals surface area contributed by atoms with Crippen LogP contribution in [0.15, 0.2) is 24.7 Å². The van der Waals surface area contributed by atoms with Gasteiger partial charge in [-0.1, -0.05) is 11.3 Å². The van der Waals surface area contributed by atoms with Crippen molar-refractivity contribution in [2.24, 2.45) is 0 Å². The lowest BCUT2D eigenvalue weighted by atomic mass is 10.0. The quantitative estimate of drug-likeness (QED) is 0.376. The lowest BCUT2D eigenvalue weighted by Crippen LogP contribution is -2.47. The molecule has 3 aliphatic rings. The van der Waals surface area contributed by atoms with E-state index in [1.807, 2.05) is 12.1 Å². The van der Waals surface area contributed by atoms with Crippen LogP contribution in [0.25, 0.3) is 10.3 Å². The van der Waals surface area contributed by atoms with Gasteiger partial charge in [0.05, 0.1) is 13.2 Å². The van der Waals surface area contributed by atoms with E-state index >= 15 is 0 Å². The smallest absolute Gasteiger partial charge is 0.404 e. The second-order valence-corrected chi connectivity index (χ2v) is 11.7. The Labute approximate surface area is 241 Å². The van der Waals surface area contributed by atoms with Crippen LogP contribution < -0.4 is 20.4 Å². The highest BCUT2D eigenvalue weighted by atomic mass is 32.1. The normalized spacial score (nSPS) is 20.7. The predicted molar refractivity (Wildman–Crippen MR) is 155 cm³/mol. The van der Waals surface area contributed by atoms with Crippen molar-refractivity contribution >= 4 is 44.6 Å². The molecule has 3 aromatic heterocycles. The average molecular weight is 582 g/mol. The van der Waals surface area contributed by atoms with Crippen LogP contribution in [-0.4, -0.2) is 107 Å². The van der Waals surface area contributed by atoms with Crippen LogP contribution >= 0.6 is 11.3 Å². The molecule has 13 nitrogen and oxygen atoms in total. The molecule has 0 aliphatic carbocycles. The number of carbonyl (C=O) groups excluding carboxylic acids is 1. The predicted octanol–water partition coefficient (Wildman–Crippen LogP) is 1.95. The summed E-state index contributed by atoms with van der Waals surface area (Å²) >= 11 is 1.58. The maximum absolute atomic E-state index is 13.1. The molecule has 14 heteroatoms. The fraction of sp³-hybridized carbons (Fsp3) is 0.556. The number of likely N-dealkylation sites (tertiary alicyclic amines) is 1. The third kappa shape index (κ3) is 6.66. The number of carbonyl (C=O) groups is 2. The summed E-state index contributed by atoms with van der Waals surface area (Å²) < 4.78 is 5.48. The molecule has 3 saturated heterocycles. The molecule has 0 bridgehead atoms. The van der Waals surface area contributed by atoms with Gasteiger partial charge in [-0.05, 0) is 49.9 Å². The molecule has 0 radical (unpaired) electrons. The van der Waals surface area contributed by atoms with Gasteiger partial charge >= 0.3 is 6.09 Å². The van der Waals surface area contributed by atoms with E-state index in [2.05, 4.69) is 40.3 Å². The Bertz CT molecular complexity index is 1370. The summed E-state index contributed by atoms with van der Waals surface area (Å²) in [5, 5.41) is 15.7. The first kappa shape index (κ1) is 27.5. The van der Waals surface area contributed by atoms with Gasteiger partial charge in [0.15, 0.2) is 15.8 Å². The zero-order valence-corrected chi connectivity index (χ0v) is 23.7. The van der Waals surface area contributed by atoms with Gasteiger partial charge < -0.3 is 30.3 Å². The molecule has 3 aromatic rings. The number of piperidine rings is 2. The number of ether oxygens (including phenoxy) is 1. The minimum Gasteiger partial charge on any atom is -0.465 e. The van der Waals surface area contributed by atoms with E-state index in [1.54, 1.807) is 23.9 Å². The minimum absolute atomic E-state index is 0.0623. The van der Waals surface area contributed by atoms with Crippen molar-refractivity contribution < 1.29 is 19.4 Å². The lowest BCUT2D eigenvalue weighted by molar-refractivity contribution is 0.0925. The van der Waals surface area contributed by atoms with Crippen molar-refractivity contribution in [2.45, 2.75) is 44.3 Å². The standard InChI is InChI=1S/C27H35N9O4S/c37-24(21-14-18(3-6-28-21)15-34-7-1-2-20(16-34)32-27(38)39)31-19-4-8-36(9-5-19)26-33-22-23(29-17-30-25(22)41-26)35-10-12-40-13-11-35/h3,6,14,17,19-20,32H,1-2,4-5,7-13,15-16H2,(H,31,37)(H,38,39)/t20-/m1/s1. The number of nitrogens with one attached hydrogen (secondary N) is 2. The molecule has 41 heavy (non-hydrogen) atoms. The Morgan fingerprint density at radius 1 is 1.00 bits per heavy atom. The number of fused-ring (bicyclic) bond motifs is 1. The number of thiazole rings is 1. The Kier molecular flexibility index (Phi) is 8.39. The van der Waals surface area contributed by atoms with Crippen LogP contribution in [0, 0.1) is 0 Å². The number of nitrogens with zero attached hydrogens (tertiary/aromatic N) is 7. The summed E-state index contributed by atoms with van der Waals surface area (Å²) in [7, 11) is 0. The SMILES string of the molecule is O=C(O)N[C@@H]1CCCN(Cc2ccnc(C(=O)NC3CCN(c4nc5c(N6CCOCC6)ncnc5s4)CC3)c2)C1. The topological polar surface area (TPSA) is 149 Å². The van der Waals surface area contributed by atoms with Gasteiger partial charge in [-0.2, -0.15) is 0 Å². The van der Waals surface area contributed by atoms with Gasteiger partial charge in [0, 0.05) is 57.5 Å². The summed E-state index contributed by atoms with van der Waals surface area (Å²) in [6.45, 7) is 6.76. The van der Waals surface area contributed by atoms with Crippen molar-refractivity contribution in [3.8, 4) is 0 Å². The minimum atomic E-state index is -0.988. The summed E-state index contributed by atoms with van der Waals surface area (Å²) in [4.78, 5) is 49.9. The summed E-state index contributed by atoms with van der Waals surface area (Å²) in [6, 6.07) is 3.75. The molecule has 218 valence electrons. The lowest BCUT2D eigenvalue weighted by Gasteiger charge is -2.32. The highest BCUT2D eigenvalue weighted by Gasteiger charge is 2.26. The molecular weight excluding hydrogens is 546 g/mol. The van der Waals surface area contributed by atoms with Crippen LogP contribution in [0.5, 0.6) is 0 Å². The molecule has 6 heterocycles. The zero-order chi connectivity index (χ0) is 28.2. The number of hydrogen-bond acceptors (Lipinski definition) is 11. The first-order valence-corrected chi connectivity index (χ1v) is 15.0. The summed E-state index contributed by atoms with van der Waals surface area (Å²) in [5.74, 6) is 0.703. The van der Waals surface area contributed by atoms with Gasteiger partial charge in [-0.3, -0.25) is 14.7 Å². The van der Waals surface area contributed by atoms with Crippen molar-refractivity contribution in [1.82, 2.24) is 35.5 Å². The summed E-state index contributed by atoms with van der Waals surface area (Å²) in [5.41, 5.74) is 2.24. The van der Waals surface area contributed by atoms with E-state index in [9.17, 15) is 9.59 Å². The zero-order valence-electron chi connectivity index (χ0n) is 22.9. The fourth-order valence-corrected chi connectivity index (χ4v) is 6.75. The number of amides is 2. The molecule has 0 unspecified atom stereocenters. The molecule has 3 aliphatic heterocycles. The van der Waals surface area contributed by atoms with Crippen LogP contribution in [0.3, 0.4) is 0 Å². The third-order valence-corrected chi connectivity index (χ3v) is 8.90. The molecule has 2 amide bonds. The van der Waals surface area contributed by atoms with E-state index in [-0.39, 0.29) is 18.0 Å². The average Bonchev–Trinajstić information content (AvgIpc) is 3.43. The van der Waals surface area contributed by atoms with Crippen LogP contribution in [0.4, 0.5) is 15.7 Å². The molecule has 0 saturated carbocycles. The third-order valence-electron chi connectivity index (χ3n) is 7.87. The first-order chi connectivity index (χ1) is 20.0. The van der Waals surface area contributed by atoms with Crippen molar-refractivity contribution in [3.05, 3.63) is 35.9 Å². The molecule has 0 aromatic carbocycles. The maximum atomic E-state index is 13.1. The second-order valence-electron chi connectivity index (χ2n) is 10.8. The number of aromatic nitrogens is 4. The highest BCUT2D eigenvalue weighted by molar-refractivity contribution is 7.21. The molecule has 3 fully saturated rings. The van der Waals surface area contributed by atoms with Gasteiger partial charge in [-0.25, -0.2) is 19.7 Å². The number of anilines is 2.